The van der Waals surface area contributed by atoms with Crippen LogP contribution in [0.5, 0.6) is 0 Å². The van der Waals surface area contributed by atoms with Gasteiger partial charge in [0.1, 0.15) is 5.82 Å². The van der Waals surface area contributed by atoms with Crippen LogP contribution in [-0.4, -0.2) is 29.1 Å². The van der Waals surface area contributed by atoms with Gasteiger partial charge in [0.25, 0.3) is 0 Å². The summed E-state index contributed by atoms with van der Waals surface area (Å²) < 4.78 is 0. The molecule has 1 aromatic heterocycles. The van der Waals surface area contributed by atoms with Crippen LogP contribution in [0, 0.1) is 13.8 Å². The summed E-state index contributed by atoms with van der Waals surface area (Å²) in [4.78, 5) is 10.2. The van der Waals surface area contributed by atoms with Crippen LogP contribution in [0.2, 0.25) is 0 Å². The Morgan fingerprint density at radius 1 is 1.18 bits per heavy atom. The van der Waals surface area contributed by atoms with Gasteiger partial charge in [0.05, 0.1) is 6.04 Å². The van der Waals surface area contributed by atoms with Gasteiger partial charge in [-0.1, -0.05) is 17.7 Å². The molecule has 0 saturated carbocycles. The van der Waals surface area contributed by atoms with Gasteiger partial charge >= 0.3 is 0 Å². The van der Waals surface area contributed by atoms with Crippen LogP contribution in [0.15, 0.2) is 30.5 Å². The molecule has 0 spiro atoms. The van der Waals surface area contributed by atoms with Crippen LogP contribution in [0.3, 0.4) is 0 Å². The molecule has 2 aromatic rings. The van der Waals surface area contributed by atoms with Crippen molar-refractivity contribution >= 4 is 5.69 Å². The number of nitrogens with zero attached hydrogens (tertiary/aromatic N) is 2. The van der Waals surface area contributed by atoms with Crippen LogP contribution < -0.4 is 10.2 Å². The Kier molecular flexibility index (Phi) is 4.48. The Morgan fingerprint density at radius 2 is 1.86 bits per heavy atom. The average Bonchev–Trinajstić information content (AvgIpc) is 2.96. The maximum Gasteiger partial charge on any atom is 0.123 e. The fourth-order valence-electron chi connectivity index (χ4n) is 3.15. The molecular weight excluding hydrogens is 272 g/mol. The van der Waals surface area contributed by atoms with E-state index >= 15 is 0 Å². The smallest absolute Gasteiger partial charge is 0.123 e. The first-order chi connectivity index (χ1) is 10.6. The molecule has 2 N–H and O–H groups in total. The van der Waals surface area contributed by atoms with Gasteiger partial charge in [-0.15, -0.1) is 0 Å². The highest BCUT2D eigenvalue weighted by molar-refractivity contribution is 5.47. The number of H-pyrrole nitrogens is 1. The third kappa shape index (κ3) is 3.50. The van der Waals surface area contributed by atoms with Crippen LogP contribution in [0.4, 0.5) is 5.69 Å². The molecule has 0 aliphatic carbocycles. The molecule has 3 rings (SSSR count). The molecule has 1 fully saturated rings. The van der Waals surface area contributed by atoms with Crippen molar-refractivity contribution in [3.8, 4) is 0 Å². The number of nitrogens with one attached hydrogen (secondary N) is 2. The third-order valence-electron chi connectivity index (χ3n) is 4.51. The molecule has 1 saturated heterocycles. The van der Waals surface area contributed by atoms with Crippen molar-refractivity contribution in [2.45, 2.75) is 45.7 Å². The van der Waals surface area contributed by atoms with Gasteiger partial charge < -0.3 is 15.2 Å². The number of anilines is 1. The van der Waals surface area contributed by atoms with Gasteiger partial charge in [0.2, 0.25) is 0 Å². The van der Waals surface area contributed by atoms with Crippen molar-refractivity contribution in [2.24, 2.45) is 0 Å². The predicted octanol–water partition coefficient (Wildman–Crippen LogP) is 3.35. The largest absolute Gasteiger partial charge is 0.371 e. The fraction of sp³-hybridized carbons (Fsp3) is 0.500. The Labute approximate surface area is 133 Å². The van der Waals surface area contributed by atoms with Crippen molar-refractivity contribution in [3.63, 3.8) is 0 Å². The standard InChI is InChI=1S/C18H26N4/c1-13-4-6-17(7-5-13)22-10-8-16(9-11-22)21-15(3)18-19-12-14(2)20-18/h4-7,12,15-16,21H,8-11H2,1-3H3,(H,19,20)/t15-/m0/s1. The quantitative estimate of drug-likeness (QED) is 0.910. The minimum absolute atomic E-state index is 0.282. The molecule has 0 radical (unpaired) electrons. The average molecular weight is 298 g/mol. The molecule has 2 heterocycles. The zero-order valence-electron chi connectivity index (χ0n) is 13.8. The second kappa shape index (κ2) is 6.53. The predicted molar refractivity (Wildman–Crippen MR) is 91.3 cm³/mol. The first kappa shape index (κ1) is 15.1. The highest BCUT2D eigenvalue weighted by Crippen LogP contribution is 2.21. The van der Waals surface area contributed by atoms with Gasteiger partial charge in [0.15, 0.2) is 0 Å². The molecular formula is C18H26N4. The summed E-state index contributed by atoms with van der Waals surface area (Å²) in [6.07, 6.45) is 4.25. The fourth-order valence-corrected chi connectivity index (χ4v) is 3.15. The minimum Gasteiger partial charge on any atom is -0.371 e. The van der Waals surface area contributed by atoms with Crippen molar-refractivity contribution in [1.82, 2.24) is 15.3 Å². The zero-order valence-corrected chi connectivity index (χ0v) is 13.8. The Hall–Kier alpha value is -1.81. The van der Waals surface area contributed by atoms with Gasteiger partial charge in [-0.25, -0.2) is 4.98 Å². The first-order valence-electron chi connectivity index (χ1n) is 8.21. The summed E-state index contributed by atoms with van der Waals surface area (Å²) in [5.41, 5.74) is 3.79. The molecule has 4 nitrogen and oxygen atoms in total. The molecule has 0 bridgehead atoms. The summed E-state index contributed by atoms with van der Waals surface area (Å²) in [6, 6.07) is 9.71. The first-order valence-corrected chi connectivity index (χ1v) is 8.21. The monoisotopic (exact) mass is 298 g/mol. The second-order valence-electron chi connectivity index (χ2n) is 6.44. The zero-order chi connectivity index (χ0) is 15.5. The van der Waals surface area contributed by atoms with E-state index in [9.17, 15) is 0 Å². The number of benzene rings is 1. The van der Waals surface area contributed by atoms with Crippen LogP contribution >= 0.6 is 0 Å². The number of rotatable bonds is 4. The molecule has 1 aromatic carbocycles. The lowest BCUT2D eigenvalue weighted by atomic mass is 10.0. The number of imidazole rings is 1. The van der Waals surface area contributed by atoms with Crippen molar-refractivity contribution in [3.05, 3.63) is 47.5 Å². The SMILES string of the molecule is Cc1ccc(N2CCC(N[C@@H](C)c3ncc(C)[nH]3)CC2)cc1. The number of aromatic amines is 1. The second-order valence-corrected chi connectivity index (χ2v) is 6.44. The van der Waals surface area contributed by atoms with Gasteiger partial charge in [0, 0.05) is 36.7 Å². The molecule has 22 heavy (non-hydrogen) atoms. The van der Waals surface area contributed by atoms with Gasteiger partial charge in [-0.3, -0.25) is 0 Å². The van der Waals surface area contributed by atoms with Crippen LogP contribution in [0.1, 0.15) is 42.9 Å². The molecule has 1 aliphatic rings. The van der Waals surface area contributed by atoms with E-state index in [0.29, 0.717) is 6.04 Å². The number of hydrogen-bond acceptors (Lipinski definition) is 3. The molecule has 0 amide bonds. The highest BCUT2D eigenvalue weighted by Gasteiger charge is 2.21. The van der Waals surface area contributed by atoms with Gasteiger partial charge in [-0.05, 0) is 45.7 Å². The topological polar surface area (TPSA) is 44.0 Å². The van der Waals surface area contributed by atoms with Crippen molar-refractivity contribution in [1.29, 1.82) is 0 Å². The van der Waals surface area contributed by atoms with E-state index in [1.807, 2.05) is 13.1 Å². The summed E-state index contributed by atoms with van der Waals surface area (Å²) in [7, 11) is 0. The Balaban J connectivity index is 1.52. The number of aromatic nitrogens is 2. The van der Waals surface area contributed by atoms with E-state index in [1.54, 1.807) is 0 Å². The lowest BCUT2D eigenvalue weighted by Crippen LogP contribution is -2.43. The molecule has 4 heteroatoms. The highest BCUT2D eigenvalue weighted by atomic mass is 15.2. The summed E-state index contributed by atoms with van der Waals surface area (Å²) in [6.45, 7) is 8.60. The van der Waals surface area contributed by atoms with E-state index in [1.165, 1.54) is 24.1 Å². The van der Waals surface area contributed by atoms with E-state index < -0.39 is 0 Å². The normalized spacial score (nSPS) is 17.7. The summed E-state index contributed by atoms with van der Waals surface area (Å²) in [5, 5.41) is 3.71. The minimum atomic E-state index is 0.282. The van der Waals surface area contributed by atoms with Crippen LogP contribution in [-0.2, 0) is 0 Å². The van der Waals surface area contributed by atoms with Crippen LogP contribution in [0.25, 0.3) is 0 Å². The van der Waals surface area contributed by atoms with Crippen molar-refractivity contribution in [2.75, 3.05) is 18.0 Å². The maximum atomic E-state index is 4.42. The molecule has 1 atom stereocenters. The summed E-state index contributed by atoms with van der Waals surface area (Å²) in [5.74, 6) is 1.04. The number of aryl methyl sites for hydroxylation is 2. The van der Waals surface area contributed by atoms with E-state index in [-0.39, 0.29) is 6.04 Å². The summed E-state index contributed by atoms with van der Waals surface area (Å²) >= 11 is 0. The Bertz CT molecular complexity index is 594. The lowest BCUT2D eigenvalue weighted by molar-refractivity contribution is 0.374. The van der Waals surface area contributed by atoms with E-state index in [4.69, 9.17) is 0 Å². The molecule has 118 valence electrons. The Morgan fingerprint density at radius 3 is 2.45 bits per heavy atom. The number of piperidine rings is 1. The maximum absolute atomic E-state index is 4.42. The van der Waals surface area contributed by atoms with Crippen molar-refractivity contribution < 1.29 is 0 Å². The molecule has 0 unspecified atom stereocenters. The van der Waals surface area contributed by atoms with Gasteiger partial charge in [-0.2, -0.15) is 0 Å². The molecule has 1 aliphatic heterocycles. The number of hydrogen-bond donors (Lipinski definition) is 2. The van der Waals surface area contributed by atoms with E-state index in [0.717, 1.165) is 24.6 Å². The van der Waals surface area contributed by atoms with E-state index in [2.05, 4.69) is 58.3 Å². The lowest BCUT2D eigenvalue weighted by Gasteiger charge is -2.35. The third-order valence-corrected chi connectivity index (χ3v) is 4.51.